The van der Waals surface area contributed by atoms with Gasteiger partial charge in [-0.1, -0.05) is 13.8 Å². The molecule has 0 aromatic heterocycles. The van der Waals surface area contributed by atoms with E-state index in [2.05, 4.69) is 19.2 Å². The topological polar surface area (TPSA) is 38.3 Å². The molecule has 14 heavy (non-hydrogen) atoms. The summed E-state index contributed by atoms with van der Waals surface area (Å²) in [5, 5.41) is 2.71. The van der Waals surface area contributed by atoms with E-state index in [4.69, 9.17) is 4.74 Å². The molecule has 0 unspecified atom stereocenters. The smallest absolute Gasteiger partial charge is 0.407 e. The molecule has 1 aliphatic carbocycles. The van der Waals surface area contributed by atoms with Crippen LogP contribution >= 0.6 is 0 Å². The van der Waals surface area contributed by atoms with Crippen LogP contribution in [0.3, 0.4) is 0 Å². The lowest BCUT2D eigenvalue weighted by Gasteiger charge is -2.44. The molecule has 2 fully saturated rings. The van der Waals surface area contributed by atoms with E-state index in [1.165, 1.54) is 12.8 Å². The summed E-state index contributed by atoms with van der Waals surface area (Å²) >= 11 is 0. The molecule has 0 aromatic rings. The summed E-state index contributed by atoms with van der Waals surface area (Å²) in [5.74, 6) is 0. The Hall–Kier alpha value is -0.730. The highest BCUT2D eigenvalue weighted by atomic mass is 16.6. The second kappa shape index (κ2) is 3.14. The maximum atomic E-state index is 11.2. The minimum Gasteiger partial charge on any atom is -0.443 e. The lowest BCUT2D eigenvalue weighted by molar-refractivity contribution is -0.0582. The normalized spacial score (nSPS) is 29.4. The Balaban J connectivity index is 2.01. The first kappa shape index (κ1) is 9.81. The van der Waals surface area contributed by atoms with Crippen molar-refractivity contribution >= 4 is 6.09 Å². The average Bonchev–Trinajstić information content (AvgIpc) is 2.12. The van der Waals surface area contributed by atoms with Crippen LogP contribution in [0.2, 0.25) is 0 Å². The highest BCUT2D eigenvalue weighted by Gasteiger charge is 2.42. The molecule has 80 valence electrons. The van der Waals surface area contributed by atoms with Crippen LogP contribution in [0.25, 0.3) is 0 Å². The van der Waals surface area contributed by atoms with Gasteiger partial charge >= 0.3 is 6.09 Å². The van der Waals surface area contributed by atoms with Crippen LogP contribution in [0.5, 0.6) is 0 Å². The third kappa shape index (κ3) is 1.86. The van der Waals surface area contributed by atoms with Crippen molar-refractivity contribution in [3.05, 3.63) is 0 Å². The van der Waals surface area contributed by atoms with E-state index in [1.54, 1.807) is 0 Å². The van der Waals surface area contributed by atoms with Crippen LogP contribution < -0.4 is 5.32 Å². The van der Waals surface area contributed by atoms with Crippen molar-refractivity contribution in [3.8, 4) is 0 Å². The molecule has 1 N–H and O–H groups in total. The van der Waals surface area contributed by atoms with Crippen molar-refractivity contribution in [1.29, 1.82) is 0 Å². The molecule has 1 amide bonds. The summed E-state index contributed by atoms with van der Waals surface area (Å²) in [4.78, 5) is 11.2. The fourth-order valence-corrected chi connectivity index (χ4v) is 2.41. The zero-order chi connectivity index (χ0) is 10.2. The number of carbonyl (C=O) groups excluding carboxylic acids is 1. The quantitative estimate of drug-likeness (QED) is 0.647. The Morgan fingerprint density at radius 2 is 1.79 bits per heavy atom. The van der Waals surface area contributed by atoms with Gasteiger partial charge in [-0.3, -0.25) is 0 Å². The predicted octanol–water partition coefficient (Wildman–Crippen LogP) is 2.46. The fraction of sp³-hybridized carbons (Fsp3) is 0.909. The SMILES string of the molecule is CC1(C)CCC2(CCNC(=O)O2)CC1. The van der Waals surface area contributed by atoms with Crippen LogP contribution in [0.15, 0.2) is 0 Å². The largest absolute Gasteiger partial charge is 0.443 e. The number of rotatable bonds is 0. The van der Waals surface area contributed by atoms with E-state index in [9.17, 15) is 4.79 Å². The van der Waals surface area contributed by atoms with Crippen LogP contribution in [-0.2, 0) is 4.74 Å². The van der Waals surface area contributed by atoms with Gasteiger partial charge in [0.25, 0.3) is 0 Å². The molecule has 1 aliphatic heterocycles. The van der Waals surface area contributed by atoms with E-state index < -0.39 is 0 Å². The minimum atomic E-state index is -0.226. The van der Waals surface area contributed by atoms with Gasteiger partial charge in [-0.2, -0.15) is 0 Å². The van der Waals surface area contributed by atoms with Crippen molar-refractivity contribution in [2.24, 2.45) is 5.41 Å². The number of ether oxygens (including phenoxy) is 1. The van der Waals surface area contributed by atoms with Crippen LogP contribution in [0, 0.1) is 5.41 Å². The minimum absolute atomic E-state index is 0.127. The number of hydrogen-bond acceptors (Lipinski definition) is 2. The standard InChI is InChI=1S/C11H19NO2/c1-10(2)3-5-11(6-4-10)7-8-12-9(13)14-11/h3-8H2,1-2H3,(H,12,13). The van der Waals surface area contributed by atoms with Crippen molar-refractivity contribution in [3.63, 3.8) is 0 Å². The van der Waals surface area contributed by atoms with Crippen LogP contribution in [0.4, 0.5) is 4.79 Å². The molecule has 0 aromatic carbocycles. The molecule has 0 radical (unpaired) electrons. The molecule has 1 saturated heterocycles. The van der Waals surface area contributed by atoms with E-state index >= 15 is 0 Å². The second-order valence-corrected chi connectivity index (χ2v) is 5.41. The Bertz CT molecular complexity index is 238. The number of hydrogen-bond donors (Lipinski definition) is 1. The van der Waals surface area contributed by atoms with Gasteiger partial charge < -0.3 is 10.1 Å². The molecule has 0 atom stereocenters. The van der Waals surface area contributed by atoms with Crippen molar-refractivity contribution < 1.29 is 9.53 Å². The number of amides is 1. The zero-order valence-corrected chi connectivity index (χ0v) is 9.06. The molecule has 2 rings (SSSR count). The Kier molecular flexibility index (Phi) is 2.20. The second-order valence-electron chi connectivity index (χ2n) is 5.41. The first-order valence-corrected chi connectivity index (χ1v) is 5.48. The Morgan fingerprint density at radius 1 is 1.14 bits per heavy atom. The van der Waals surface area contributed by atoms with Crippen LogP contribution in [0.1, 0.15) is 46.0 Å². The summed E-state index contributed by atoms with van der Waals surface area (Å²) in [6, 6.07) is 0. The summed E-state index contributed by atoms with van der Waals surface area (Å²) < 4.78 is 5.46. The first-order valence-electron chi connectivity index (χ1n) is 5.48. The van der Waals surface area contributed by atoms with Crippen molar-refractivity contribution in [2.45, 2.75) is 51.6 Å². The van der Waals surface area contributed by atoms with Gasteiger partial charge in [-0.05, 0) is 31.1 Å². The van der Waals surface area contributed by atoms with Gasteiger partial charge in [0.05, 0.1) is 0 Å². The molecular weight excluding hydrogens is 178 g/mol. The lowest BCUT2D eigenvalue weighted by atomic mass is 9.69. The third-order valence-electron chi connectivity index (χ3n) is 3.67. The summed E-state index contributed by atoms with van der Waals surface area (Å²) in [6.45, 7) is 5.37. The molecular formula is C11H19NO2. The van der Waals surface area contributed by atoms with Crippen LogP contribution in [-0.4, -0.2) is 18.2 Å². The maximum absolute atomic E-state index is 11.2. The number of carbonyl (C=O) groups is 1. The van der Waals surface area contributed by atoms with E-state index in [-0.39, 0.29) is 11.7 Å². The molecule has 1 heterocycles. The summed E-state index contributed by atoms with van der Waals surface area (Å²) in [5.41, 5.74) is 0.306. The maximum Gasteiger partial charge on any atom is 0.407 e. The van der Waals surface area contributed by atoms with Gasteiger partial charge in [0.15, 0.2) is 0 Å². The van der Waals surface area contributed by atoms with Crippen molar-refractivity contribution in [1.82, 2.24) is 5.32 Å². The van der Waals surface area contributed by atoms with Gasteiger partial charge in [0.1, 0.15) is 5.60 Å². The predicted molar refractivity (Wildman–Crippen MR) is 54.1 cm³/mol. The third-order valence-corrected chi connectivity index (χ3v) is 3.67. The lowest BCUT2D eigenvalue weighted by Crippen LogP contribution is -2.50. The highest BCUT2D eigenvalue weighted by Crippen LogP contribution is 2.44. The Labute approximate surface area is 85.2 Å². The molecule has 3 nitrogen and oxygen atoms in total. The molecule has 1 spiro atoms. The van der Waals surface area contributed by atoms with E-state index in [1.807, 2.05) is 0 Å². The molecule has 3 heteroatoms. The molecule has 0 bridgehead atoms. The summed E-state index contributed by atoms with van der Waals surface area (Å²) in [6.07, 6.45) is 5.16. The molecule has 1 saturated carbocycles. The van der Waals surface area contributed by atoms with Gasteiger partial charge in [0.2, 0.25) is 0 Å². The monoisotopic (exact) mass is 197 g/mol. The molecule has 2 aliphatic rings. The fourth-order valence-electron chi connectivity index (χ4n) is 2.41. The summed E-state index contributed by atoms with van der Waals surface area (Å²) in [7, 11) is 0. The van der Waals surface area contributed by atoms with Gasteiger partial charge in [-0.15, -0.1) is 0 Å². The number of alkyl carbamates (subject to hydrolysis) is 1. The Morgan fingerprint density at radius 3 is 2.36 bits per heavy atom. The van der Waals surface area contributed by atoms with E-state index in [0.29, 0.717) is 5.41 Å². The van der Waals surface area contributed by atoms with Gasteiger partial charge in [0, 0.05) is 13.0 Å². The van der Waals surface area contributed by atoms with E-state index in [0.717, 1.165) is 25.8 Å². The van der Waals surface area contributed by atoms with Gasteiger partial charge in [-0.25, -0.2) is 4.79 Å². The number of nitrogens with one attached hydrogen (secondary N) is 1. The first-order chi connectivity index (χ1) is 6.52. The average molecular weight is 197 g/mol. The zero-order valence-electron chi connectivity index (χ0n) is 9.06. The van der Waals surface area contributed by atoms with Crippen molar-refractivity contribution in [2.75, 3.05) is 6.54 Å². The highest BCUT2D eigenvalue weighted by molar-refractivity contribution is 5.68.